The van der Waals surface area contributed by atoms with Crippen molar-refractivity contribution in [3.63, 3.8) is 0 Å². The van der Waals surface area contributed by atoms with Crippen molar-refractivity contribution in [2.75, 3.05) is 25.5 Å². The number of urea groups is 1. The summed E-state index contributed by atoms with van der Waals surface area (Å²) in [6.07, 6.45) is 3.12. The molecule has 1 aliphatic rings. The van der Waals surface area contributed by atoms with E-state index in [9.17, 15) is 9.18 Å². The van der Waals surface area contributed by atoms with E-state index in [4.69, 9.17) is 5.41 Å². The molecular formula is C25H29FN8O. The van der Waals surface area contributed by atoms with E-state index < -0.39 is 0 Å². The van der Waals surface area contributed by atoms with Gasteiger partial charge in [0.25, 0.3) is 0 Å². The van der Waals surface area contributed by atoms with E-state index >= 15 is 0 Å². The molecule has 0 bridgehead atoms. The van der Waals surface area contributed by atoms with Crippen LogP contribution in [0.15, 0.2) is 72.6 Å². The Morgan fingerprint density at radius 3 is 2.49 bits per heavy atom. The molecule has 0 spiro atoms. The number of nitrogens with one attached hydrogen (secondary N) is 3. The summed E-state index contributed by atoms with van der Waals surface area (Å²) < 4.78 is 15.1. The number of hydrogen-bond donors (Lipinski definition) is 3. The first kappa shape index (κ1) is 23.9. The van der Waals surface area contributed by atoms with Gasteiger partial charge in [0, 0.05) is 25.8 Å². The van der Waals surface area contributed by atoms with Gasteiger partial charge in [-0.3, -0.25) is 10.3 Å². The lowest BCUT2D eigenvalue weighted by molar-refractivity contribution is 0.179. The minimum Gasteiger partial charge on any atom is -0.367 e. The fourth-order valence-electron chi connectivity index (χ4n) is 3.78. The molecule has 1 aliphatic heterocycles. The average Bonchev–Trinajstić information content (AvgIpc) is 3.38. The molecule has 2 heterocycles. The molecule has 182 valence electrons. The van der Waals surface area contributed by atoms with Crippen LogP contribution in [0.25, 0.3) is 5.69 Å². The minimum absolute atomic E-state index is 0.153. The van der Waals surface area contributed by atoms with E-state index in [0.717, 1.165) is 11.3 Å². The van der Waals surface area contributed by atoms with Gasteiger partial charge in [0.2, 0.25) is 0 Å². The third-order valence-electron chi connectivity index (χ3n) is 5.56. The van der Waals surface area contributed by atoms with Crippen molar-refractivity contribution in [3.8, 4) is 5.69 Å². The standard InChI is InChI=1S/C25H29FN8O/c1-17(2)13-33-23(27)22(14-32(3)25(33)35)24(31-20-8-6-19(26)7-9-20)29-12-18-4-10-21(11-5-18)34-16-28-15-30-34/h4-11,15-17,27,29,31H,12-14H2,1-3H3/b24-22+,27-23?. The summed E-state index contributed by atoms with van der Waals surface area (Å²) >= 11 is 0. The molecule has 2 aromatic carbocycles. The minimum atomic E-state index is -0.330. The Kier molecular flexibility index (Phi) is 7.09. The molecule has 1 aromatic heterocycles. The largest absolute Gasteiger partial charge is 0.367 e. The van der Waals surface area contributed by atoms with Crippen LogP contribution in [0.3, 0.4) is 0 Å². The van der Waals surface area contributed by atoms with Gasteiger partial charge in [-0.05, 0) is 47.9 Å². The Bertz CT molecular complexity index is 1200. The lowest BCUT2D eigenvalue weighted by Crippen LogP contribution is -2.53. The van der Waals surface area contributed by atoms with E-state index in [1.807, 2.05) is 38.1 Å². The zero-order valence-electron chi connectivity index (χ0n) is 20.0. The molecule has 2 amide bonds. The second kappa shape index (κ2) is 10.4. The van der Waals surface area contributed by atoms with Crippen LogP contribution in [-0.2, 0) is 6.54 Å². The predicted molar refractivity (Wildman–Crippen MR) is 133 cm³/mol. The highest BCUT2D eigenvalue weighted by Crippen LogP contribution is 2.21. The van der Waals surface area contributed by atoms with Gasteiger partial charge in [0.1, 0.15) is 30.1 Å². The lowest BCUT2D eigenvalue weighted by atomic mass is 10.1. The van der Waals surface area contributed by atoms with Gasteiger partial charge in [0.05, 0.1) is 17.8 Å². The topological polar surface area (TPSA) is 102 Å². The molecule has 0 saturated carbocycles. The fourth-order valence-corrected chi connectivity index (χ4v) is 3.78. The van der Waals surface area contributed by atoms with E-state index in [0.29, 0.717) is 30.2 Å². The molecule has 4 rings (SSSR count). The third-order valence-corrected chi connectivity index (χ3v) is 5.56. The average molecular weight is 477 g/mol. The Labute approximate surface area is 203 Å². The Balaban J connectivity index is 1.61. The highest BCUT2D eigenvalue weighted by atomic mass is 19.1. The predicted octanol–water partition coefficient (Wildman–Crippen LogP) is 3.82. The molecule has 0 aliphatic carbocycles. The number of amidine groups is 1. The van der Waals surface area contributed by atoms with Gasteiger partial charge < -0.3 is 15.5 Å². The summed E-state index contributed by atoms with van der Waals surface area (Å²) in [5.74, 6) is 0.622. The second-order valence-corrected chi connectivity index (χ2v) is 8.84. The molecule has 3 N–H and O–H groups in total. The summed E-state index contributed by atoms with van der Waals surface area (Å²) in [5, 5.41) is 19.6. The Morgan fingerprint density at radius 1 is 1.14 bits per heavy atom. The first-order valence-electron chi connectivity index (χ1n) is 11.4. The third kappa shape index (κ3) is 5.65. The molecule has 0 radical (unpaired) electrons. The number of nitrogens with zero attached hydrogens (tertiary/aromatic N) is 5. The first-order valence-corrected chi connectivity index (χ1v) is 11.4. The maximum Gasteiger partial charge on any atom is 0.325 e. The highest BCUT2D eigenvalue weighted by Gasteiger charge is 2.33. The van der Waals surface area contributed by atoms with E-state index in [1.54, 1.807) is 35.1 Å². The summed E-state index contributed by atoms with van der Waals surface area (Å²) in [4.78, 5) is 19.8. The van der Waals surface area contributed by atoms with Gasteiger partial charge >= 0.3 is 6.03 Å². The van der Waals surface area contributed by atoms with Crippen molar-refractivity contribution < 1.29 is 9.18 Å². The van der Waals surface area contributed by atoms with Gasteiger partial charge in [-0.15, -0.1) is 0 Å². The number of benzene rings is 2. The highest BCUT2D eigenvalue weighted by molar-refractivity contribution is 6.09. The van der Waals surface area contributed by atoms with Crippen LogP contribution in [0.2, 0.25) is 0 Å². The van der Waals surface area contributed by atoms with Crippen molar-refractivity contribution in [2.24, 2.45) is 5.92 Å². The summed E-state index contributed by atoms with van der Waals surface area (Å²) in [6, 6.07) is 13.7. The van der Waals surface area contributed by atoms with Crippen molar-refractivity contribution in [1.29, 1.82) is 5.41 Å². The maximum atomic E-state index is 13.5. The van der Waals surface area contributed by atoms with Crippen LogP contribution in [0, 0.1) is 17.1 Å². The van der Waals surface area contributed by atoms with E-state index in [2.05, 4.69) is 20.7 Å². The fraction of sp³-hybridized carbons (Fsp3) is 0.280. The lowest BCUT2D eigenvalue weighted by Gasteiger charge is -2.37. The molecule has 1 fully saturated rings. The summed E-state index contributed by atoms with van der Waals surface area (Å²) in [5.41, 5.74) is 3.23. The Hall–Kier alpha value is -4.21. The molecule has 9 nitrogen and oxygen atoms in total. The van der Waals surface area contributed by atoms with E-state index in [1.165, 1.54) is 23.4 Å². The normalized spacial score (nSPS) is 15.6. The SMILES string of the molecule is CC(C)CN1C(=N)/C(=C(\NCc2ccc(-n3cncn3)cc2)Nc2ccc(F)cc2)CN(C)C1=O. The summed E-state index contributed by atoms with van der Waals surface area (Å²) in [7, 11) is 1.72. The van der Waals surface area contributed by atoms with Crippen LogP contribution in [0.4, 0.5) is 14.9 Å². The first-order chi connectivity index (χ1) is 16.8. The zero-order chi connectivity index (χ0) is 24.9. The number of halogens is 1. The van der Waals surface area contributed by atoms with Crippen LogP contribution >= 0.6 is 0 Å². The number of likely N-dealkylation sites (N-methyl/N-ethyl adjacent to an activating group) is 1. The molecule has 0 unspecified atom stereocenters. The van der Waals surface area contributed by atoms with Crippen LogP contribution in [-0.4, -0.2) is 56.6 Å². The van der Waals surface area contributed by atoms with Crippen molar-refractivity contribution in [3.05, 3.63) is 84.0 Å². The number of amides is 2. The molecule has 3 aromatic rings. The molecule has 10 heteroatoms. The molecule has 0 atom stereocenters. The van der Waals surface area contributed by atoms with Gasteiger partial charge in [-0.2, -0.15) is 5.10 Å². The Morgan fingerprint density at radius 2 is 1.86 bits per heavy atom. The number of hydrogen-bond acceptors (Lipinski definition) is 6. The van der Waals surface area contributed by atoms with Crippen molar-refractivity contribution >= 4 is 17.6 Å². The monoisotopic (exact) mass is 476 g/mol. The molecular weight excluding hydrogens is 447 g/mol. The van der Waals surface area contributed by atoms with Crippen molar-refractivity contribution in [2.45, 2.75) is 20.4 Å². The van der Waals surface area contributed by atoms with Crippen LogP contribution < -0.4 is 10.6 Å². The van der Waals surface area contributed by atoms with Gasteiger partial charge in [-0.25, -0.2) is 18.9 Å². The number of carbonyl (C=O) groups is 1. The second-order valence-electron chi connectivity index (χ2n) is 8.84. The van der Waals surface area contributed by atoms with E-state index in [-0.39, 0.29) is 30.1 Å². The molecule has 35 heavy (non-hydrogen) atoms. The van der Waals surface area contributed by atoms with Crippen LogP contribution in [0.1, 0.15) is 19.4 Å². The number of rotatable bonds is 8. The van der Waals surface area contributed by atoms with Crippen molar-refractivity contribution in [1.82, 2.24) is 29.9 Å². The smallest absolute Gasteiger partial charge is 0.325 e. The molecule has 1 saturated heterocycles. The van der Waals surface area contributed by atoms with Gasteiger partial charge in [0.15, 0.2) is 0 Å². The number of aromatic nitrogens is 3. The summed E-state index contributed by atoms with van der Waals surface area (Å²) in [6.45, 7) is 5.21. The van der Waals surface area contributed by atoms with Crippen LogP contribution in [0.5, 0.6) is 0 Å². The quantitative estimate of drug-likeness (QED) is 0.459. The van der Waals surface area contributed by atoms with Gasteiger partial charge in [-0.1, -0.05) is 26.0 Å². The number of carbonyl (C=O) groups excluding carboxylic acids is 1. The zero-order valence-corrected chi connectivity index (χ0v) is 20.0. The maximum absolute atomic E-state index is 13.5. The number of anilines is 1.